The second-order valence-electron chi connectivity index (χ2n) is 5.05. The molecule has 0 radical (unpaired) electrons. The van der Waals surface area contributed by atoms with Crippen LogP contribution in [0.1, 0.15) is 56.8 Å². The van der Waals surface area contributed by atoms with Crippen LogP contribution in [0.3, 0.4) is 0 Å². The van der Waals surface area contributed by atoms with E-state index in [1.54, 1.807) is 0 Å². The van der Waals surface area contributed by atoms with Gasteiger partial charge in [0.2, 0.25) is 0 Å². The van der Waals surface area contributed by atoms with Crippen LogP contribution in [0.15, 0.2) is 0 Å². The van der Waals surface area contributed by atoms with Gasteiger partial charge < -0.3 is 11.1 Å². The lowest BCUT2D eigenvalue weighted by atomic mass is 10.2. The van der Waals surface area contributed by atoms with Gasteiger partial charge in [0, 0.05) is 17.5 Å². The Bertz CT molecular complexity index is 399. The Hall–Kier alpha value is -1.32. The summed E-state index contributed by atoms with van der Waals surface area (Å²) in [4.78, 5) is 8.99. The molecule has 1 aromatic heterocycles. The summed E-state index contributed by atoms with van der Waals surface area (Å²) in [6.45, 7) is 6.35. The number of aromatic nitrogens is 2. The van der Waals surface area contributed by atoms with Gasteiger partial charge in [0.25, 0.3) is 0 Å². The van der Waals surface area contributed by atoms with E-state index in [1.807, 2.05) is 6.92 Å². The molecule has 1 aliphatic rings. The number of nitrogens with two attached hydrogens (primary N) is 1. The molecule has 1 saturated carbocycles. The first kappa shape index (κ1) is 12.1. The second kappa shape index (κ2) is 4.90. The van der Waals surface area contributed by atoms with Gasteiger partial charge in [-0.2, -0.15) is 0 Å². The number of hydrogen-bond donors (Lipinski definition) is 2. The molecule has 0 aromatic carbocycles. The fourth-order valence-electron chi connectivity index (χ4n) is 1.96. The van der Waals surface area contributed by atoms with Crippen molar-refractivity contribution in [3.63, 3.8) is 0 Å². The van der Waals surface area contributed by atoms with Crippen molar-refractivity contribution in [2.45, 2.75) is 58.4 Å². The summed E-state index contributed by atoms with van der Waals surface area (Å²) < 4.78 is 0. The molecular formula is C13H22N4. The fraction of sp³-hybridized carbons (Fsp3) is 0.692. The van der Waals surface area contributed by atoms with E-state index in [9.17, 15) is 0 Å². The predicted octanol–water partition coefficient (Wildman–Crippen LogP) is 2.85. The number of nitrogens with one attached hydrogen (secondary N) is 1. The summed E-state index contributed by atoms with van der Waals surface area (Å²) in [6, 6.07) is 0.431. The maximum Gasteiger partial charge on any atom is 0.136 e. The molecule has 1 aromatic rings. The van der Waals surface area contributed by atoms with Crippen LogP contribution >= 0.6 is 0 Å². The maximum absolute atomic E-state index is 5.95. The van der Waals surface area contributed by atoms with Crippen molar-refractivity contribution in [3.8, 4) is 0 Å². The first-order valence-electron chi connectivity index (χ1n) is 6.52. The fourth-order valence-corrected chi connectivity index (χ4v) is 1.96. The average Bonchev–Trinajstić information content (AvgIpc) is 3.08. The summed E-state index contributed by atoms with van der Waals surface area (Å²) in [6.07, 6.45) is 4.71. The highest BCUT2D eigenvalue weighted by Gasteiger charge is 2.28. The van der Waals surface area contributed by atoms with Gasteiger partial charge in [-0.25, -0.2) is 9.97 Å². The lowest BCUT2D eigenvalue weighted by Gasteiger charge is -2.16. The van der Waals surface area contributed by atoms with Crippen molar-refractivity contribution in [2.24, 2.45) is 0 Å². The first-order valence-corrected chi connectivity index (χ1v) is 6.52. The predicted molar refractivity (Wildman–Crippen MR) is 71.1 cm³/mol. The summed E-state index contributed by atoms with van der Waals surface area (Å²) in [5.74, 6) is 2.99. The molecule has 0 amide bonds. The van der Waals surface area contributed by atoms with Crippen molar-refractivity contribution in [1.82, 2.24) is 9.97 Å². The van der Waals surface area contributed by atoms with E-state index in [-0.39, 0.29) is 0 Å². The summed E-state index contributed by atoms with van der Waals surface area (Å²) >= 11 is 0. The van der Waals surface area contributed by atoms with E-state index >= 15 is 0 Å². The Balaban J connectivity index is 2.19. The molecule has 2 rings (SSSR count). The minimum atomic E-state index is 0.431. The Morgan fingerprint density at radius 2 is 2.12 bits per heavy atom. The van der Waals surface area contributed by atoms with Crippen LogP contribution in [0.5, 0.6) is 0 Å². The third-order valence-electron chi connectivity index (χ3n) is 3.25. The molecule has 0 spiro atoms. The molecule has 1 aliphatic carbocycles. The molecule has 3 N–H and O–H groups in total. The van der Waals surface area contributed by atoms with Crippen LogP contribution in [0.4, 0.5) is 11.6 Å². The molecular weight excluding hydrogens is 212 g/mol. The lowest BCUT2D eigenvalue weighted by Crippen LogP contribution is -2.18. The Morgan fingerprint density at radius 1 is 1.41 bits per heavy atom. The molecule has 17 heavy (non-hydrogen) atoms. The van der Waals surface area contributed by atoms with E-state index in [0.29, 0.717) is 17.8 Å². The number of hydrogen-bond acceptors (Lipinski definition) is 4. The lowest BCUT2D eigenvalue weighted by molar-refractivity contribution is 0.685. The Morgan fingerprint density at radius 3 is 2.71 bits per heavy atom. The minimum Gasteiger partial charge on any atom is -0.383 e. The zero-order valence-electron chi connectivity index (χ0n) is 11.0. The highest BCUT2D eigenvalue weighted by molar-refractivity contribution is 5.55. The van der Waals surface area contributed by atoms with Crippen LogP contribution in [0.2, 0.25) is 0 Å². The summed E-state index contributed by atoms with van der Waals surface area (Å²) in [5.41, 5.74) is 6.92. The van der Waals surface area contributed by atoms with Crippen molar-refractivity contribution in [3.05, 3.63) is 11.4 Å². The zero-order valence-corrected chi connectivity index (χ0v) is 11.0. The zero-order chi connectivity index (χ0) is 12.4. The molecule has 94 valence electrons. The van der Waals surface area contributed by atoms with Crippen LogP contribution in [-0.4, -0.2) is 16.0 Å². The highest BCUT2D eigenvalue weighted by atomic mass is 15.1. The molecule has 0 aliphatic heterocycles. The van der Waals surface area contributed by atoms with E-state index in [4.69, 9.17) is 5.73 Å². The van der Waals surface area contributed by atoms with E-state index < -0.39 is 0 Å². The second-order valence-corrected chi connectivity index (χ2v) is 5.05. The van der Waals surface area contributed by atoms with Gasteiger partial charge in [-0.1, -0.05) is 13.3 Å². The van der Waals surface area contributed by atoms with Gasteiger partial charge in [-0.3, -0.25) is 0 Å². The van der Waals surface area contributed by atoms with Gasteiger partial charge in [-0.15, -0.1) is 0 Å². The number of nitrogen functional groups attached to an aromatic ring is 1. The summed E-state index contributed by atoms with van der Waals surface area (Å²) in [5, 5.41) is 3.44. The smallest absolute Gasteiger partial charge is 0.136 e. The molecule has 1 atom stereocenters. The quantitative estimate of drug-likeness (QED) is 0.822. The van der Waals surface area contributed by atoms with Gasteiger partial charge in [0.15, 0.2) is 0 Å². The number of anilines is 2. The largest absolute Gasteiger partial charge is 0.383 e. The van der Waals surface area contributed by atoms with E-state index in [0.717, 1.165) is 23.6 Å². The summed E-state index contributed by atoms with van der Waals surface area (Å²) in [7, 11) is 0. The van der Waals surface area contributed by atoms with Gasteiger partial charge >= 0.3 is 0 Å². The van der Waals surface area contributed by atoms with Crippen LogP contribution in [0.25, 0.3) is 0 Å². The van der Waals surface area contributed by atoms with E-state index in [1.165, 1.54) is 19.3 Å². The minimum absolute atomic E-state index is 0.431. The molecule has 1 heterocycles. The molecule has 1 fully saturated rings. The molecule has 4 nitrogen and oxygen atoms in total. The Labute approximate surface area is 103 Å². The third kappa shape index (κ3) is 2.87. The van der Waals surface area contributed by atoms with Crippen molar-refractivity contribution >= 4 is 11.6 Å². The molecule has 0 saturated heterocycles. The van der Waals surface area contributed by atoms with Crippen LogP contribution in [0, 0.1) is 6.92 Å². The van der Waals surface area contributed by atoms with Gasteiger partial charge in [-0.05, 0) is 33.1 Å². The monoisotopic (exact) mass is 234 g/mol. The highest BCUT2D eigenvalue weighted by Crippen LogP contribution is 2.39. The van der Waals surface area contributed by atoms with E-state index in [2.05, 4.69) is 29.1 Å². The maximum atomic E-state index is 5.95. The Kier molecular flexibility index (Phi) is 3.50. The topological polar surface area (TPSA) is 63.8 Å². The van der Waals surface area contributed by atoms with Gasteiger partial charge in [0.05, 0.1) is 0 Å². The van der Waals surface area contributed by atoms with Crippen LogP contribution in [-0.2, 0) is 0 Å². The SMILES string of the molecule is CCCC(C)Nc1nc(C2CC2)nc(N)c1C. The van der Waals surface area contributed by atoms with Crippen molar-refractivity contribution < 1.29 is 0 Å². The average molecular weight is 234 g/mol. The van der Waals surface area contributed by atoms with Gasteiger partial charge in [0.1, 0.15) is 17.5 Å². The first-order chi connectivity index (χ1) is 8.11. The molecule has 4 heteroatoms. The standard InChI is InChI=1S/C13H22N4/c1-4-5-8(2)15-12-9(3)11(14)16-13(17-12)10-6-7-10/h8,10H,4-7H2,1-3H3,(H3,14,15,16,17). The molecule has 0 bridgehead atoms. The normalized spacial score (nSPS) is 16.9. The number of nitrogens with zero attached hydrogens (tertiary/aromatic N) is 2. The number of rotatable bonds is 5. The molecule has 1 unspecified atom stereocenters. The van der Waals surface area contributed by atoms with Crippen molar-refractivity contribution in [2.75, 3.05) is 11.1 Å². The third-order valence-corrected chi connectivity index (χ3v) is 3.25. The van der Waals surface area contributed by atoms with Crippen LogP contribution < -0.4 is 11.1 Å². The van der Waals surface area contributed by atoms with Crippen molar-refractivity contribution in [1.29, 1.82) is 0 Å².